The third-order valence-electron chi connectivity index (χ3n) is 3.47. The molecule has 0 bridgehead atoms. The molecule has 0 radical (unpaired) electrons. The van der Waals surface area contributed by atoms with Crippen molar-refractivity contribution in [3.05, 3.63) is 42.5 Å². The normalized spacial score (nSPS) is 22.3. The molecular weight excluding hydrogens is 256 g/mol. The average Bonchev–Trinajstić information content (AvgIpc) is 2.40. The molecule has 0 aliphatic heterocycles. The molecule has 0 saturated heterocycles. The van der Waals surface area contributed by atoms with E-state index in [4.69, 9.17) is 21.7 Å². The van der Waals surface area contributed by atoms with Gasteiger partial charge in [-0.25, -0.2) is 0 Å². The van der Waals surface area contributed by atoms with Gasteiger partial charge in [0.05, 0.1) is 0 Å². The monoisotopic (exact) mass is 276 g/mol. The second-order valence-corrected chi connectivity index (χ2v) is 5.51. The van der Waals surface area contributed by atoms with Crippen molar-refractivity contribution in [2.75, 3.05) is 0 Å². The number of benzene rings is 1. The van der Waals surface area contributed by atoms with Gasteiger partial charge in [0.2, 0.25) is 0 Å². The van der Waals surface area contributed by atoms with Crippen molar-refractivity contribution in [3.63, 3.8) is 0 Å². The number of thiocarbonyl (C=S) groups is 1. The maximum atomic E-state index is 5.83. The van der Waals surface area contributed by atoms with Gasteiger partial charge in [-0.3, -0.25) is 0 Å². The summed E-state index contributed by atoms with van der Waals surface area (Å²) >= 11 is 5.19. The lowest BCUT2D eigenvalue weighted by atomic mass is 9.83. The van der Waals surface area contributed by atoms with Crippen LogP contribution in [0.5, 0.6) is 5.75 Å². The molecule has 1 aliphatic carbocycles. The summed E-state index contributed by atoms with van der Waals surface area (Å²) in [7, 11) is 0. The van der Waals surface area contributed by atoms with Gasteiger partial charge in [-0.15, -0.1) is 0 Å². The van der Waals surface area contributed by atoms with Crippen molar-refractivity contribution in [2.45, 2.75) is 32.8 Å². The van der Waals surface area contributed by atoms with Gasteiger partial charge in [0.1, 0.15) is 11.9 Å². The van der Waals surface area contributed by atoms with Crippen LogP contribution in [-0.4, -0.2) is 11.3 Å². The average molecular weight is 276 g/mol. The second-order valence-electron chi connectivity index (χ2n) is 5.17. The standard InChI is InChI=1S/C16H20O2S/c1-12(2)14-10-6-7-11-15(14)18-16(19)17-13-8-4-3-5-9-13/h3-9,12,14-15H,10-11H2,1-2H3/t14-,15-/m0/s1. The summed E-state index contributed by atoms with van der Waals surface area (Å²) in [5, 5.41) is 0.220. The van der Waals surface area contributed by atoms with E-state index < -0.39 is 0 Å². The molecule has 0 saturated carbocycles. The van der Waals surface area contributed by atoms with E-state index >= 15 is 0 Å². The number of allylic oxidation sites excluding steroid dienone is 1. The minimum absolute atomic E-state index is 0.126. The molecule has 3 heteroatoms. The first-order valence-electron chi connectivity index (χ1n) is 6.75. The Morgan fingerprint density at radius 3 is 2.53 bits per heavy atom. The van der Waals surface area contributed by atoms with Crippen LogP contribution >= 0.6 is 12.2 Å². The molecule has 0 aromatic heterocycles. The molecule has 0 unspecified atom stereocenters. The van der Waals surface area contributed by atoms with E-state index in [1.165, 1.54) is 0 Å². The van der Waals surface area contributed by atoms with Crippen LogP contribution in [0.25, 0.3) is 0 Å². The first kappa shape index (κ1) is 14.1. The van der Waals surface area contributed by atoms with Crippen molar-refractivity contribution < 1.29 is 9.47 Å². The third-order valence-corrected chi connectivity index (χ3v) is 3.65. The lowest BCUT2D eigenvalue weighted by molar-refractivity contribution is 0.0743. The zero-order valence-electron chi connectivity index (χ0n) is 11.4. The van der Waals surface area contributed by atoms with E-state index in [1.807, 2.05) is 30.3 Å². The number of rotatable bonds is 3. The Morgan fingerprint density at radius 1 is 1.16 bits per heavy atom. The highest BCUT2D eigenvalue weighted by Crippen LogP contribution is 2.29. The van der Waals surface area contributed by atoms with Crippen LogP contribution in [0.3, 0.4) is 0 Å². The van der Waals surface area contributed by atoms with Crippen LogP contribution in [0, 0.1) is 11.8 Å². The SMILES string of the molecule is CC(C)[C@@H]1CC=CC[C@@H]1OC(=S)Oc1ccccc1. The van der Waals surface area contributed by atoms with Gasteiger partial charge in [-0.05, 0) is 24.5 Å². The van der Waals surface area contributed by atoms with Crippen LogP contribution in [-0.2, 0) is 4.74 Å². The summed E-state index contributed by atoms with van der Waals surface area (Å²) in [6, 6.07) is 9.51. The molecular formula is C16H20O2S. The topological polar surface area (TPSA) is 18.5 Å². The van der Waals surface area contributed by atoms with E-state index in [0.717, 1.165) is 18.6 Å². The summed E-state index contributed by atoms with van der Waals surface area (Å²) < 4.78 is 11.4. The quantitative estimate of drug-likeness (QED) is 0.604. The highest BCUT2D eigenvalue weighted by Gasteiger charge is 2.27. The third kappa shape index (κ3) is 4.06. The predicted octanol–water partition coefficient (Wildman–Crippen LogP) is 4.36. The van der Waals surface area contributed by atoms with E-state index in [2.05, 4.69) is 26.0 Å². The maximum absolute atomic E-state index is 5.83. The van der Waals surface area contributed by atoms with Crippen molar-refractivity contribution in [1.29, 1.82) is 0 Å². The summed E-state index contributed by atoms with van der Waals surface area (Å²) in [6.07, 6.45) is 6.47. The molecule has 0 fully saturated rings. The van der Waals surface area contributed by atoms with Crippen LogP contribution in [0.4, 0.5) is 0 Å². The van der Waals surface area contributed by atoms with E-state index in [1.54, 1.807) is 0 Å². The minimum atomic E-state index is 0.126. The Labute approximate surface area is 120 Å². The van der Waals surface area contributed by atoms with Gasteiger partial charge in [0, 0.05) is 24.6 Å². The molecule has 0 amide bonds. The maximum Gasteiger partial charge on any atom is 0.358 e. The van der Waals surface area contributed by atoms with Gasteiger partial charge < -0.3 is 9.47 Å². The summed E-state index contributed by atoms with van der Waals surface area (Å²) in [5.74, 6) is 1.80. The second kappa shape index (κ2) is 6.71. The molecule has 1 aromatic rings. The van der Waals surface area contributed by atoms with Crippen LogP contribution in [0.15, 0.2) is 42.5 Å². The molecule has 2 atom stereocenters. The molecule has 1 aliphatic rings. The highest BCUT2D eigenvalue weighted by atomic mass is 32.1. The van der Waals surface area contributed by atoms with Crippen molar-refractivity contribution in [1.82, 2.24) is 0 Å². The fraction of sp³-hybridized carbons (Fsp3) is 0.438. The number of hydrogen-bond acceptors (Lipinski definition) is 3. The van der Waals surface area contributed by atoms with E-state index in [9.17, 15) is 0 Å². The molecule has 19 heavy (non-hydrogen) atoms. The van der Waals surface area contributed by atoms with Crippen LogP contribution in [0.1, 0.15) is 26.7 Å². The van der Waals surface area contributed by atoms with E-state index in [-0.39, 0.29) is 11.3 Å². The zero-order valence-corrected chi connectivity index (χ0v) is 12.2. The smallest absolute Gasteiger partial charge is 0.358 e. The predicted molar refractivity (Wildman–Crippen MR) is 81.2 cm³/mol. The number of para-hydroxylation sites is 1. The Kier molecular flexibility index (Phi) is 4.97. The van der Waals surface area contributed by atoms with Crippen LogP contribution in [0.2, 0.25) is 0 Å². The van der Waals surface area contributed by atoms with Crippen molar-refractivity contribution in [3.8, 4) is 5.75 Å². The lowest BCUT2D eigenvalue weighted by Gasteiger charge is -2.31. The minimum Gasteiger partial charge on any atom is -0.453 e. The first-order chi connectivity index (χ1) is 9.16. The Bertz CT molecular complexity index is 439. The number of ether oxygens (including phenoxy) is 2. The van der Waals surface area contributed by atoms with Gasteiger partial charge in [0.15, 0.2) is 0 Å². The molecule has 0 heterocycles. The van der Waals surface area contributed by atoms with Gasteiger partial charge in [0.25, 0.3) is 0 Å². The summed E-state index contributed by atoms with van der Waals surface area (Å²) in [6.45, 7) is 4.45. The Balaban J connectivity index is 1.92. The molecule has 2 nitrogen and oxygen atoms in total. The highest BCUT2D eigenvalue weighted by molar-refractivity contribution is 7.79. The van der Waals surface area contributed by atoms with Crippen molar-refractivity contribution in [2.24, 2.45) is 11.8 Å². The number of hydrogen-bond donors (Lipinski definition) is 0. The molecule has 1 aromatic carbocycles. The fourth-order valence-corrected chi connectivity index (χ4v) is 2.60. The molecule has 2 rings (SSSR count). The fourth-order valence-electron chi connectivity index (χ4n) is 2.38. The Morgan fingerprint density at radius 2 is 1.84 bits per heavy atom. The molecule has 0 N–H and O–H groups in total. The van der Waals surface area contributed by atoms with Gasteiger partial charge in [-0.2, -0.15) is 0 Å². The largest absolute Gasteiger partial charge is 0.453 e. The zero-order chi connectivity index (χ0) is 13.7. The van der Waals surface area contributed by atoms with Gasteiger partial charge >= 0.3 is 5.24 Å². The van der Waals surface area contributed by atoms with Gasteiger partial charge in [-0.1, -0.05) is 44.2 Å². The first-order valence-corrected chi connectivity index (χ1v) is 7.16. The van der Waals surface area contributed by atoms with Crippen LogP contribution < -0.4 is 4.74 Å². The molecule has 102 valence electrons. The van der Waals surface area contributed by atoms with E-state index in [0.29, 0.717) is 11.8 Å². The Hall–Kier alpha value is -1.35. The lowest BCUT2D eigenvalue weighted by Crippen LogP contribution is -2.32. The summed E-state index contributed by atoms with van der Waals surface area (Å²) in [5.41, 5.74) is 0. The molecule has 0 spiro atoms. The summed E-state index contributed by atoms with van der Waals surface area (Å²) in [4.78, 5) is 0. The van der Waals surface area contributed by atoms with Crippen molar-refractivity contribution >= 4 is 17.5 Å².